The Balaban J connectivity index is 1.93. The van der Waals surface area contributed by atoms with Gasteiger partial charge in [0.05, 0.1) is 29.3 Å². The Bertz CT molecular complexity index is 1110. The van der Waals surface area contributed by atoms with Crippen LogP contribution in [0.5, 0.6) is 11.5 Å². The van der Waals surface area contributed by atoms with Crippen molar-refractivity contribution in [2.24, 2.45) is 0 Å². The highest BCUT2D eigenvalue weighted by molar-refractivity contribution is 6.46. The predicted octanol–water partition coefficient (Wildman–Crippen LogP) is 5.46. The van der Waals surface area contributed by atoms with E-state index in [1.807, 2.05) is 0 Å². The molecule has 0 spiro atoms. The molecular formula is C24H23Cl2NO5. The summed E-state index contributed by atoms with van der Waals surface area (Å²) in [7, 11) is 1.44. The number of nitrogens with zero attached hydrogens (tertiary/aromatic N) is 1. The first-order valence-electron chi connectivity index (χ1n) is 10.5. The molecule has 1 unspecified atom stereocenters. The summed E-state index contributed by atoms with van der Waals surface area (Å²) in [6.07, 6.45) is 4.54. The minimum absolute atomic E-state index is 0.0529. The number of hydrogen-bond acceptors (Lipinski definition) is 5. The molecule has 2 aromatic carbocycles. The maximum Gasteiger partial charge on any atom is 0.295 e. The summed E-state index contributed by atoms with van der Waals surface area (Å²) in [6.45, 7) is 0. The summed E-state index contributed by atoms with van der Waals surface area (Å²) < 4.78 is 5.35. The zero-order valence-corrected chi connectivity index (χ0v) is 19.0. The third-order valence-electron chi connectivity index (χ3n) is 6.15. The molecule has 1 saturated carbocycles. The zero-order valence-electron chi connectivity index (χ0n) is 17.5. The lowest BCUT2D eigenvalue weighted by Crippen LogP contribution is -2.40. The van der Waals surface area contributed by atoms with Crippen molar-refractivity contribution >= 4 is 40.7 Å². The van der Waals surface area contributed by atoms with Gasteiger partial charge in [0, 0.05) is 11.1 Å². The van der Waals surface area contributed by atoms with Crippen molar-refractivity contribution in [3.8, 4) is 11.5 Å². The summed E-state index contributed by atoms with van der Waals surface area (Å²) in [6, 6.07) is 8.24. The van der Waals surface area contributed by atoms with E-state index in [9.17, 15) is 19.8 Å². The van der Waals surface area contributed by atoms with Crippen molar-refractivity contribution in [1.29, 1.82) is 0 Å². The van der Waals surface area contributed by atoms with E-state index in [2.05, 4.69) is 0 Å². The van der Waals surface area contributed by atoms with Crippen molar-refractivity contribution in [2.75, 3.05) is 7.11 Å². The largest absolute Gasteiger partial charge is 0.507 e. The molecule has 0 radical (unpaired) electrons. The summed E-state index contributed by atoms with van der Waals surface area (Å²) in [4.78, 5) is 28.0. The van der Waals surface area contributed by atoms with Crippen LogP contribution >= 0.6 is 23.2 Å². The fraction of sp³-hybridized carbons (Fsp3) is 0.333. The zero-order chi connectivity index (χ0) is 23.0. The number of phenols is 1. The summed E-state index contributed by atoms with van der Waals surface area (Å²) in [5.74, 6) is -1.59. The van der Waals surface area contributed by atoms with Gasteiger partial charge in [0.2, 0.25) is 0 Å². The van der Waals surface area contributed by atoms with Gasteiger partial charge >= 0.3 is 0 Å². The molecule has 2 aliphatic rings. The van der Waals surface area contributed by atoms with Gasteiger partial charge in [-0.05, 0) is 48.7 Å². The number of Topliss-reactive ketones (excluding diaryl/α,β-unsaturated/α-hetero) is 1. The van der Waals surface area contributed by atoms with Gasteiger partial charge in [0.1, 0.15) is 17.3 Å². The highest BCUT2D eigenvalue weighted by Gasteiger charge is 2.49. The number of likely N-dealkylation sites (tertiary alicyclic amines) is 1. The van der Waals surface area contributed by atoms with E-state index in [1.54, 1.807) is 23.1 Å². The van der Waals surface area contributed by atoms with Crippen molar-refractivity contribution in [2.45, 2.75) is 44.2 Å². The van der Waals surface area contributed by atoms with Gasteiger partial charge in [-0.2, -0.15) is 0 Å². The van der Waals surface area contributed by atoms with Crippen LogP contribution in [0.3, 0.4) is 0 Å². The van der Waals surface area contributed by atoms with Crippen molar-refractivity contribution < 1.29 is 24.5 Å². The lowest BCUT2D eigenvalue weighted by atomic mass is 9.91. The Labute approximate surface area is 196 Å². The monoisotopic (exact) mass is 475 g/mol. The van der Waals surface area contributed by atoms with Crippen LogP contribution in [0.4, 0.5) is 0 Å². The highest BCUT2D eigenvalue weighted by atomic mass is 35.5. The minimum atomic E-state index is -0.847. The normalized spacial score (nSPS) is 21.2. The van der Waals surface area contributed by atoms with Gasteiger partial charge in [-0.1, -0.05) is 48.5 Å². The molecule has 32 heavy (non-hydrogen) atoms. The number of ketones is 1. The number of benzene rings is 2. The van der Waals surface area contributed by atoms with Crippen LogP contribution in [0.2, 0.25) is 10.0 Å². The van der Waals surface area contributed by atoms with Crippen LogP contribution in [0, 0.1) is 0 Å². The molecule has 8 heteroatoms. The third kappa shape index (κ3) is 3.93. The molecule has 4 rings (SSSR count). The molecular weight excluding hydrogens is 453 g/mol. The maximum atomic E-state index is 13.2. The predicted molar refractivity (Wildman–Crippen MR) is 122 cm³/mol. The average Bonchev–Trinajstić information content (AvgIpc) is 3.06. The second kappa shape index (κ2) is 9.04. The number of ether oxygens (including phenoxy) is 1. The number of hydrogen-bond donors (Lipinski definition) is 2. The second-order valence-electron chi connectivity index (χ2n) is 8.05. The number of phenolic OH excluding ortho intramolecular Hbond substituents is 1. The van der Waals surface area contributed by atoms with Gasteiger partial charge in [0.25, 0.3) is 11.7 Å². The number of methoxy groups -OCH3 is 1. The maximum absolute atomic E-state index is 13.2. The summed E-state index contributed by atoms with van der Waals surface area (Å²) in [5.41, 5.74) is 0.694. The van der Waals surface area contributed by atoms with Crippen LogP contribution in [-0.4, -0.2) is 40.0 Å². The molecule has 1 amide bonds. The lowest BCUT2D eigenvalue weighted by Gasteiger charge is -2.35. The van der Waals surface area contributed by atoms with Gasteiger partial charge in [-0.25, -0.2) is 0 Å². The first-order chi connectivity index (χ1) is 15.3. The van der Waals surface area contributed by atoms with E-state index in [4.69, 9.17) is 27.9 Å². The number of aliphatic hydroxyl groups is 1. The lowest BCUT2D eigenvalue weighted by molar-refractivity contribution is -0.141. The molecule has 1 heterocycles. The molecule has 2 fully saturated rings. The molecule has 0 aromatic heterocycles. The number of halogens is 2. The van der Waals surface area contributed by atoms with Crippen LogP contribution in [0.1, 0.15) is 49.3 Å². The molecule has 1 atom stereocenters. The summed E-state index contributed by atoms with van der Waals surface area (Å²) in [5, 5.41) is 21.6. The smallest absolute Gasteiger partial charge is 0.295 e. The Kier molecular flexibility index (Phi) is 6.35. The number of aliphatic hydroxyl groups excluding tert-OH is 1. The first-order valence-corrected chi connectivity index (χ1v) is 11.2. The van der Waals surface area contributed by atoms with Gasteiger partial charge in [0.15, 0.2) is 0 Å². The summed E-state index contributed by atoms with van der Waals surface area (Å²) >= 11 is 12.3. The first kappa shape index (κ1) is 22.5. The van der Waals surface area contributed by atoms with Crippen molar-refractivity contribution in [3.05, 3.63) is 63.1 Å². The second-order valence-corrected chi connectivity index (χ2v) is 8.90. The van der Waals surface area contributed by atoms with Gasteiger partial charge in [-0.3, -0.25) is 9.59 Å². The van der Waals surface area contributed by atoms with E-state index < -0.39 is 17.7 Å². The number of carbonyl (C=O) groups is 2. The number of carbonyl (C=O) groups excluding carboxylic acids is 2. The van der Waals surface area contributed by atoms with Crippen LogP contribution in [-0.2, 0) is 9.59 Å². The molecule has 2 aromatic rings. The molecule has 1 saturated heterocycles. The quantitative estimate of drug-likeness (QED) is 0.348. The van der Waals surface area contributed by atoms with Crippen LogP contribution in [0.25, 0.3) is 5.76 Å². The number of aromatic hydroxyl groups is 1. The minimum Gasteiger partial charge on any atom is -0.507 e. The fourth-order valence-corrected chi connectivity index (χ4v) is 4.98. The Morgan fingerprint density at radius 3 is 2.44 bits per heavy atom. The molecule has 6 nitrogen and oxygen atoms in total. The Morgan fingerprint density at radius 1 is 1.06 bits per heavy atom. The highest BCUT2D eigenvalue weighted by Crippen LogP contribution is 2.45. The fourth-order valence-electron chi connectivity index (χ4n) is 4.62. The molecule has 168 valence electrons. The Hall–Kier alpha value is -2.70. The third-order valence-corrected chi connectivity index (χ3v) is 6.69. The van der Waals surface area contributed by atoms with Gasteiger partial charge in [-0.15, -0.1) is 0 Å². The van der Waals surface area contributed by atoms with E-state index in [0.717, 1.165) is 32.1 Å². The number of amides is 1. The average molecular weight is 476 g/mol. The van der Waals surface area contributed by atoms with E-state index in [1.165, 1.54) is 25.3 Å². The van der Waals surface area contributed by atoms with Crippen LogP contribution < -0.4 is 4.74 Å². The molecule has 0 bridgehead atoms. The molecule has 2 N–H and O–H groups in total. The van der Waals surface area contributed by atoms with Crippen LogP contribution in [0.15, 0.2) is 42.0 Å². The van der Waals surface area contributed by atoms with E-state index in [0.29, 0.717) is 16.3 Å². The number of rotatable bonds is 4. The van der Waals surface area contributed by atoms with E-state index in [-0.39, 0.29) is 33.7 Å². The molecule has 1 aliphatic heterocycles. The van der Waals surface area contributed by atoms with Crippen molar-refractivity contribution in [3.63, 3.8) is 0 Å². The van der Waals surface area contributed by atoms with E-state index >= 15 is 0 Å². The Morgan fingerprint density at radius 2 is 1.78 bits per heavy atom. The standard InChI is InChI=1S/C24H23Cl2NO5/c1-32-19-10-8-14(25)12-16(19)22(29)20-21(13-7-9-18(28)17(26)11-13)27(24(31)23(20)30)15-5-3-2-4-6-15/h7-12,15,21,28-29H,2-6H2,1H3/b22-20+. The SMILES string of the molecule is COc1ccc(Cl)cc1/C(O)=C1\C(=O)C(=O)N(C2CCCCC2)C1c1ccc(O)c(Cl)c1. The van der Waals surface area contributed by atoms with Crippen molar-refractivity contribution in [1.82, 2.24) is 4.90 Å². The van der Waals surface area contributed by atoms with Gasteiger partial charge < -0.3 is 19.8 Å². The topological polar surface area (TPSA) is 87.1 Å². The molecule has 1 aliphatic carbocycles.